The lowest BCUT2D eigenvalue weighted by Gasteiger charge is -2.07. The number of hydrogen-bond acceptors (Lipinski definition) is 2. The molecule has 0 saturated carbocycles. The summed E-state index contributed by atoms with van der Waals surface area (Å²) in [7, 11) is 0. The van der Waals surface area contributed by atoms with E-state index in [1.54, 1.807) is 0 Å². The van der Waals surface area contributed by atoms with Gasteiger partial charge < -0.3 is 5.11 Å². The van der Waals surface area contributed by atoms with Crippen molar-refractivity contribution >= 4 is 11.6 Å². The Morgan fingerprint density at radius 2 is 2.36 bits per heavy atom. The Labute approximate surface area is 84.6 Å². The van der Waals surface area contributed by atoms with Crippen molar-refractivity contribution in [3.63, 3.8) is 0 Å². The summed E-state index contributed by atoms with van der Waals surface area (Å²) < 4.78 is 12.7. The molecule has 0 aliphatic heterocycles. The van der Waals surface area contributed by atoms with Gasteiger partial charge in [0.05, 0.1) is 17.7 Å². The first kappa shape index (κ1) is 10.8. The van der Waals surface area contributed by atoms with Crippen LogP contribution in [0.25, 0.3) is 10.4 Å². The van der Waals surface area contributed by atoms with Crippen LogP contribution in [0.15, 0.2) is 23.3 Å². The molecule has 0 aromatic heterocycles. The van der Waals surface area contributed by atoms with Crippen LogP contribution in [0.3, 0.4) is 0 Å². The minimum Gasteiger partial charge on any atom is -0.388 e. The predicted octanol–water partition coefficient (Wildman–Crippen LogP) is 2.82. The van der Waals surface area contributed by atoms with Crippen LogP contribution in [-0.2, 0) is 0 Å². The Morgan fingerprint density at radius 1 is 1.64 bits per heavy atom. The smallest absolute Gasteiger partial charge is 0.141 e. The van der Waals surface area contributed by atoms with Crippen LogP contribution in [0.1, 0.15) is 11.7 Å². The van der Waals surface area contributed by atoms with Gasteiger partial charge in [-0.1, -0.05) is 22.8 Å². The third kappa shape index (κ3) is 2.60. The molecule has 0 fully saturated rings. The number of rotatable bonds is 3. The molecule has 0 heterocycles. The maximum absolute atomic E-state index is 12.7. The fourth-order valence-corrected chi connectivity index (χ4v) is 1.13. The zero-order chi connectivity index (χ0) is 10.6. The van der Waals surface area contributed by atoms with Crippen LogP contribution in [0, 0.1) is 5.82 Å². The molecule has 14 heavy (non-hydrogen) atoms. The number of nitrogens with zero attached hydrogens (tertiary/aromatic N) is 3. The van der Waals surface area contributed by atoms with E-state index in [1.165, 1.54) is 12.1 Å². The average molecular weight is 216 g/mol. The van der Waals surface area contributed by atoms with Crippen molar-refractivity contribution in [2.45, 2.75) is 6.10 Å². The van der Waals surface area contributed by atoms with E-state index in [1.807, 2.05) is 0 Å². The van der Waals surface area contributed by atoms with Crippen molar-refractivity contribution in [2.75, 3.05) is 6.54 Å². The zero-order valence-electron chi connectivity index (χ0n) is 7.06. The normalized spacial score (nSPS) is 11.9. The van der Waals surface area contributed by atoms with Crippen LogP contribution < -0.4 is 0 Å². The number of aliphatic hydroxyl groups excluding tert-OH is 1. The second kappa shape index (κ2) is 4.81. The topological polar surface area (TPSA) is 69.0 Å². The van der Waals surface area contributed by atoms with Gasteiger partial charge in [-0.05, 0) is 23.2 Å². The molecular formula is C8H7ClFN3O. The second-order valence-electron chi connectivity index (χ2n) is 2.60. The molecule has 0 aliphatic carbocycles. The van der Waals surface area contributed by atoms with Gasteiger partial charge in [0.1, 0.15) is 5.82 Å². The highest BCUT2D eigenvalue weighted by molar-refractivity contribution is 6.30. The van der Waals surface area contributed by atoms with E-state index in [2.05, 4.69) is 10.0 Å². The van der Waals surface area contributed by atoms with Crippen molar-refractivity contribution in [1.29, 1.82) is 0 Å². The second-order valence-corrected chi connectivity index (χ2v) is 3.01. The van der Waals surface area contributed by atoms with Crippen LogP contribution in [-0.4, -0.2) is 11.7 Å². The molecule has 0 radical (unpaired) electrons. The monoisotopic (exact) mass is 215 g/mol. The average Bonchev–Trinajstić information content (AvgIpc) is 2.18. The number of hydrogen-bond donors (Lipinski definition) is 1. The van der Waals surface area contributed by atoms with Crippen LogP contribution >= 0.6 is 11.6 Å². The molecule has 6 heteroatoms. The van der Waals surface area contributed by atoms with Gasteiger partial charge in [-0.15, -0.1) is 0 Å². The summed E-state index contributed by atoms with van der Waals surface area (Å²) in [6.07, 6.45) is -0.955. The Morgan fingerprint density at radius 3 is 2.93 bits per heavy atom. The highest BCUT2D eigenvalue weighted by Gasteiger charge is 2.08. The predicted molar refractivity (Wildman–Crippen MR) is 50.4 cm³/mol. The number of azide groups is 1. The van der Waals surface area contributed by atoms with Crippen molar-refractivity contribution in [3.05, 3.63) is 45.0 Å². The summed E-state index contributed by atoms with van der Waals surface area (Å²) in [5.41, 5.74) is 8.44. The Balaban J connectivity index is 2.85. The fourth-order valence-electron chi connectivity index (χ4n) is 0.939. The van der Waals surface area contributed by atoms with E-state index in [9.17, 15) is 9.50 Å². The van der Waals surface area contributed by atoms with E-state index in [-0.39, 0.29) is 11.6 Å². The summed E-state index contributed by atoms with van der Waals surface area (Å²) >= 11 is 5.50. The first-order chi connectivity index (χ1) is 6.65. The van der Waals surface area contributed by atoms with Crippen molar-refractivity contribution in [3.8, 4) is 0 Å². The maximum atomic E-state index is 12.7. The summed E-state index contributed by atoms with van der Waals surface area (Å²) in [4.78, 5) is 2.50. The first-order valence-corrected chi connectivity index (χ1v) is 4.17. The molecule has 0 spiro atoms. The SMILES string of the molecule is [N-]=[N+]=NCC(O)c1ccc(F)c(Cl)c1. The lowest BCUT2D eigenvalue weighted by Crippen LogP contribution is -2.00. The molecule has 1 N–H and O–H groups in total. The van der Waals surface area contributed by atoms with E-state index >= 15 is 0 Å². The highest BCUT2D eigenvalue weighted by Crippen LogP contribution is 2.20. The molecular weight excluding hydrogens is 209 g/mol. The molecule has 1 atom stereocenters. The fraction of sp³-hybridized carbons (Fsp3) is 0.250. The summed E-state index contributed by atoms with van der Waals surface area (Å²) in [6, 6.07) is 3.84. The van der Waals surface area contributed by atoms with Gasteiger partial charge in [0.2, 0.25) is 0 Å². The molecule has 1 aromatic carbocycles. The molecule has 0 amide bonds. The Hall–Kier alpha value is -1.29. The summed E-state index contributed by atoms with van der Waals surface area (Å²) in [5, 5.41) is 12.5. The lowest BCUT2D eigenvalue weighted by atomic mass is 10.1. The van der Waals surface area contributed by atoms with Gasteiger partial charge >= 0.3 is 0 Å². The third-order valence-corrected chi connectivity index (χ3v) is 1.94. The molecule has 4 nitrogen and oxygen atoms in total. The standard InChI is InChI=1S/C8H7ClFN3O/c9-6-3-5(1-2-7(6)10)8(14)4-12-13-11/h1-3,8,14H,4H2. The minimum atomic E-state index is -0.955. The van der Waals surface area contributed by atoms with Crippen LogP contribution in [0.4, 0.5) is 4.39 Å². The highest BCUT2D eigenvalue weighted by atomic mass is 35.5. The molecule has 1 aromatic rings. The third-order valence-electron chi connectivity index (χ3n) is 1.65. The van der Waals surface area contributed by atoms with Gasteiger partial charge in [-0.3, -0.25) is 0 Å². The lowest BCUT2D eigenvalue weighted by molar-refractivity contribution is 0.186. The van der Waals surface area contributed by atoms with E-state index in [0.717, 1.165) is 6.07 Å². The molecule has 0 aliphatic rings. The molecule has 0 bridgehead atoms. The van der Waals surface area contributed by atoms with E-state index < -0.39 is 11.9 Å². The van der Waals surface area contributed by atoms with E-state index in [4.69, 9.17) is 17.1 Å². The first-order valence-electron chi connectivity index (χ1n) is 3.79. The quantitative estimate of drug-likeness (QED) is 0.470. The molecule has 0 saturated heterocycles. The number of halogens is 2. The van der Waals surface area contributed by atoms with Crippen molar-refractivity contribution in [1.82, 2.24) is 0 Å². The van der Waals surface area contributed by atoms with Gasteiger partial charge in [0.25, 0.3) is 0 Å². The molecule has 1 unspecified atom stereocenters. The largest absolute Gasteiger partial charge is 0.388 e. The molecule has 1 rings (SSSR count). The van der Waals surface area contributed by atoms with Gasteiger partial charge in [0.15, 0.2) is 0 Å². The number of aliphatic hydroxyl groups is 1. The maximum Gasteiger partial charge on any atom is 0.141 e. The van der Waals surface area contributed by atoms with Crippen LogP contribution in [0.5, 0.6) is 0 Å². The zero-order valence-corrected chi connectivity index (χ0v) is 7.82. The Bertz CT molecular complexity index is 379. The van der Waals surface area contributed by atoms with Crippen molar-refractivity contribution < 1.29 is 9.50 Å². The number of benzene rings is 1. The molecule has 74 valence electrons. The summed E-state index contributed by atoms with van der Waals surface area (Å²) in [6.45, 7) is -0.0987. The van der Waals surface area contributed by atoms with Gasteiger partial charge in [0, 0.05) is 4.91 Å². The van der Waals surface area contributed by atoms with Gasteiger partial charge in [-0.25, -0.2) is 4.39 Å². The Kier molecular flexibility index (Phi) is 3.71. The summed E-state index contributed by atoms with van der Waals surface area (Å²) in [5.74, 6) is -0.550. The van der Waals surface area contributed by atoms with E-state index in [0.29, 0.717) is 5.56 Å². The van der Waals surface area contributed by atoms with Crippen LogP contribution in [0.2, 0.25) is 5.02 Å². The van der Waals surface area contributed by atoms with Crippen molar-refractivity contribution in [2.24, 2.45) is 5.11 Å². The van der Waals surface area contributed by atoms with Gasteiger partial charge in [-0.2, -0.15) is 0 Å². The minimum absolute atomic E-state index is 0.0671.